The van der Waals surface area contributed by atoms with Crippen molar-refractivity contribution in [2.45, 2.75) is 11.4 Å². The Morgan fingerprint density at radius 2 is 2.11 bits per heavy atom. The van der Waals surface area contributed by atoms with Crippen molar-refractivity contribution in [3.8, 4) is 11.4 Å². The van der Waals surface area contributed by atoms with E-state index in [4.69, 9.17) is 10.3 Å². The highest BCUT2D eigenvalue weighted by Gasteiger charge is 2.13. The number of aromatic nitrogens is 2. The molecule has 0 fully saturated rings. The van der Waals surface area contributed by atoms with Gasteiger partial charge in [-0.15, -0.1) is 0 Å². The van der Waals surface area contributed by atoms with Crippen molar-refractivity contribution >= 4 is 25.8 Å². The minimum Gasteiger partial charge on any atom is -0.338 e. The second-order valence-corrected chi connectivity index (χ2v) is 6.60. The first-order valence-electron chi connectivity index (χ1n) is 4.94. The lowest BCUT2D eigenvalue weighted by atomic mass is 10.2. The van der Waals surface area contributed by atoms with Gasteiger partial charge in [0.25, 0.3) is 0 Å². The van der Waals surface area contributed by atoms with Crippen molar-refractivity contribution in [2.24, 2.45) is 5.73 Å². The van der Waals surface area contributed by atoms with Crippen LogP contribution in [0.15, 0.2) is 32.1 Å². The van der Waals surface area contributed by atoms with Gasteiger partial charge in [-0.3, -0.25) is 0 Å². The molecule has 96 valence electrons. The fourth-order valence-corrected chi connectivity index (χ4v) is 2.69. The molecule has 0 radical (unpaired) electrons. The number of rotatable bonds is 3. The Hall–Kier alpha value is -1.25. The van der Waals surface area contributed by atoms with Gasteiger partial charge in [0.15, 0.2) is 9.84 Å². The van der Waals surface area contributed by atoms with E-state index in [0.29, 0.717) is 21.8 Å². The molecule has 1 heterocycles. The van der Waals surface area contributed by atoms with Crippen LogP contribution >= 0.6 is 15.9 Å². The fraction of sp³-hybridized carbons (Fsp3) is 0.200. The summed E-state index contributed by atoms with van der Waals surface area (Å²) in [5.74, 6) is 0.604. The summed E-state index contributed by atoms with van der Waals surface area (Å²) in [6, 6.07) is 4.72. The molecule has 0 aliphatic heterocycles. The van der Waals surface area contributed by atoms with E-state index in [2.05, 4.69) is 26.1 Å². The largest absolute Gasteiger partial charge is 0.338 e. The van der Waals surface area contributed by atoms with Gasteiger partial charge in [0.2, 0.25) is 11.7 Å². The SMILES string of the molecule is CS(=O)(=O)c1cc(Br)cc(-c2noc(CN)n2)c1. The van der Waals surface area contributed by atoms with Gasteiger partial charge in [0.1, 0.15) is 0 Å². The first kappa shape index (κ1) is 13.2. The summed E-state index contributed by atoms with van der Waals surface area (Å²) in [5.41, 5.74) is 5.92. The average Bonchev–Trinajstić information content (AvgIpc) is 2.75. The number of nitrogens with zero attached hydrogens (tertiary/aromatic N) is 2. The monoisotopic (exact) mass is 331 g/mol. The van der Waals surface area contributed by atoms with Gasteiger partial charge in [0, 0.05) is 16.3 Å². The Morgan fingerprint density at radius 3 is 2.67 bits per heavy atom. The van der Waals surface area contributed by atoms with Crippen molar-refractivity contribution in [1.82, 2.24) is 10.1 Å². The van der Waals surface area contributed by atoms with Crippen LogP contribution in [0.2, 0.25) is 0 Å². The molecule has 0 atom stereocenters. The third kappa shape index (κ3) is 2.77. The summed E-state index contributed by atoms with van der Waals surface area (Å²) in [7, 11) is -3.30. The maximum Gasteiger partial charge on any atom is 0.240 e. The molecule has 0 saturated carbocycles. The van der Waals surface area contributed by atoms with Crippen LogP contribution in [0.1, 0.15) is 5.89 Å². The predicted octanol–water partition coefficient (Wildman–Crippen LogP) is 1.36. The van der Waals surface area contributed by atoms with Crippen molar-refractivity contribution in [1.29, 1.82) is 0 Å². The molecule has 0 aliphatic rings. The molecular weight excluding hydrogens is 322 g/mol. The Kier molecular flexibility index (Phi) is 3.51. The third-order valence-corrected chi connectivity index (χ3v) is 3.75. The Balaban J connectivity index is 2.55. The zero-order valence-corrected chi connectivity index (χ0v) is 11.8. The molecular formula is C10H10BrN3O3S. The zero-order valence-electron chi connectivity index (χ0n) is 9.42. The molecule has 1 aromatic heterocycles. The van der Waals surface area contributed by atoms with Crippen molar-refractivity contribution in [2.75, 3.05) is 6.26 Å². The molecule has 8 heteroatoms. The molecule has 18 heavy (non-hydrogen) atoms. The van der Waals surface area contributed by atoms with Gasteiger partial charge in [0.05, 0.1) is 11.4 Å². The Morgan fingerprint density at radius 1 is 1.39 bits per heavy atom. The summed E-state index contributed by atoms with van der Waals surface area (Å²) in [4.78, 5) is 4.23. The predicted molar refractivity (Wildman–Crippen MR) is 68.4 cm³/mol. The molecule has 2 rings (SSSR count). The van der Waals surface area contributed by atoms with Gasteiger partial charge in [-0.05, 0) is 18.2 Å². The second-order valence-electron chi connectivity index (χ2n) is 3.66. The number of sulfone groups is 1. The van der Waals surface area contributed by atoms with Crippen LogP contribution in [0.5, 0.6) is 0 Å². The normalized spacial score (nSPS) is 11.7. The number of hydrogen-bond donors (Lipinski definition) is 1. The van der Waals surface area contributed by atoms with E-state index in [1.165, 1.54) is 12.1 Å². The lowest BCUT2D eigenvalue weighted by Crippen LogP contribution is -1.98. The lowest BCUT2D eigenvalue weighted by Gasteiger charge is -2.02. The van der Waals surface area contributed by atoms with Gasteiger partial charge < -0.3 is 10.3 Å². The molecule has 0 unspecified atom stereocenters. The van der Waals surface area contributed by atoms with Gasteiger partial charge in [-0.25, -0.2) is 8.42 Å². The minimum absolute atomic E-state index is 0.139. The highest BCUT2D eigenvalue weighted by atomic mass is 79.9. The number of nitrogens with two attached hydrogens (primary N) is 1. The van der Waals surface area contributed by atoms with Crippen LogP contribution in [-0.2, 0) is 16.4 Å². The van der Waals surface area contributed by atoms with Crippen molar-refractivity contribution in [3.63, 3.8) is 0 Å². The van der Waals surface area contributed by atoms with Gasteiger partial charge in [-0.2, -0.15) is 4.98 Å². The topological polar surface area (TPSA) is 99.1 Å². The molecule has 0 saturated heterocycles. The molecule has 1 aromatic carbocycles. The van der Waals surface area contributed by atoms with Crippen LogP contribution in [0.25, 0.3) is 11.4 Å². The van der Waals surface area contributed by atoms with E-state index in [9.17, 15) is 8.42 Å². The molecule has 0 bridgehead atoms. The number of hydrogen-bond acceptors (Lipinski definition) is 6. The number of benzene rings is 1. The molecule has 2 N–H and O–H groups in total. The molecule has 2 aromatic rings. The quantitative estimate of drug-likeness (QED) is 0.911. The van der Waals surface area contributed by atoms with Crippen molar-refractivity contribution < 1.29 is 12.9 Å². The maximum atomic E-state index is 11.5. The van der Waals surface area contributed by atoms with Gasteiger partial charge in [-0.1, -0.05) is 21.1 Å². The molecule has 0 spiro atoms. The van der Waals surface area contributed by atoms with Crippen LogP contribution in [-0.4, -0.2) is 24.8 Å². The van der Waals surface area contributed by atoms with Crippen LogP contribution in [0, 0.1) is 0 Å². The van der Waals surface area contributed by atoms with E-state index >= 15 is 0 Å². The number of halogens is 1. The molecule has 0 amide bonds. The lowest BCUT2D eigenvalue weighted by molar-refractivity contribution is 0.380. The second kappa shape index (κ2) is 4.79. The first-order valence-corrected chi connectivity index (χ1v) is 7.62. The van der Waals surface area contributed by atoms with Crippen LogP contribution < -0.4 is 5.73 Å². The minimum atomic E-state index is -3.30. The van der Waals surface area contributed by atoms with E-state index in [0.717, 1.165) is 6.26 Å². The zero-order chi connectivity index (χ0) is 13.3. The Labute approximate surface area is 112 Å². The highest BCUT2D eigenvalue weighted by molar-refractivity contribution is 9.10. The summed E-state index contributed by atoms with van der Waals surface area (Å²) < 4.78 is 28.6. The summed E-state index contributed by atoms with van der Waals surface area (Å²) in [6.45, 7) is 0.139. The standard InChI is InChI=1S/C10H10BrN3O3S/c1-18(15,16)8-3-6(2-7(11)4-8)10-13-9(5-12)17-14-10/h2-4H,5,12H2,1H3. The van der Waals surface area contributed by atoms with E-state index in [1.54, 1.807) is 6.07 Å². The van der Waals surface area contributed by atoms with E-state index in [1.807, 2.05) is 0 Å². The Bertz CT molecular complexity index is 681. The fourth-order valence-electron chi connectivity index (χ4n) is 1.36. The summed E-state index contributed by atoms with van der Waals surface area (Å²) in [5, 5.41) is 3.74. The van der Waals surface area contributed by atoms with E-state index < -0.39 is 9.84 Å². The highest BCUT2D eigenvalue weighted by Crippen LogP contribution is 2.25. The summed E-state index contributed by atoms with van der Waals surface area (Å²) in [6.07, 6.45) is 1.14. The molecule has 6 nitrogen and oxygen atoms in total. The maximum absolute atomic E-state index is 11.5. The first-order chi connectivity index (χ1) is 8.40. The van der Waals surface area contributed by atoms with Crippen LogP contribution in [0.3, 0.4) is 0 Å². The average molecular weight is 332 g/mol. The van der Waals surface area contributed by atoms with Gasteiger partial charge >= 0.3 is 0 Å². The smallest absolute Gasteiger partial charge is 0.240 e. The molecule has 0 aliphatic carbocycles. The van der Waals surface area contributed by atoms with Crippen LogP contribution in [0.4, 0.5) is 0 Å². The summed E-state index contributed by atoms with van der Waals surface area (Å²) >= 11 is 3.25. The van der Waals surface area contributed by atoms with E-state index in [-0.39, 0.29) is 11.4 Å². The van der Waals surface area contributed by atoms with Crippen molar-refractivity contribution in [3.05, 3.63) is 28.6 Å². The third-order valence-electron chi connectivity index (χ3n) is 2.20.